The van der Waals surface area contributed by atoms with Crippen LogP contribution in [0.4, 0.5) is 5.69 Å². The molecule has 0 spiro atoms. The predicted molar refractivity (Wildman–Crippen MR) is 109 cm³/mol. The van der Waals surface area contributed by atoms with Crippen LogP contribution < -0.4 is 10.9 Å². The molecule has 7 nitrogen and oxygen atoms in total. The minimum atomic E-state index is -0.298. The van der Waals surface area contributed by atoms with Gasteiger partial charge in [-0.2, -0.15) is 4.98 Å². The molecule has 1 fully saturated rings. The largest absolute Gasteiger partial charge is 0.334 e. The fourth-order valence-corrected chi connectivity index (χ4v) is 3.39. The van der Waals surface area contributed by atoms with Crippen molar-refractivity contribution in [2.75, 3.05) is 5.32 Å². The van der Waals surface area contributed by atoms with Gasteiger partial charge in [0.1, 0.15) is 6.54 Å². The summed E-state index contributed by atoms with van der Waals surface area (Å²) < 4.78 is 6.88. The maximum atomic E-state index is 12.9. The number of anilines is 1. The van der Waals surface area contributed by atoms with Crippen LogP contribution in [-0.2, 0) is 11.3 Å². The van der Waals surface area contributed by atoms with Crippen LogP contribution in [0.3, 0.4) is 0 Å². The number of benzene rings is 2. The molecular formula is C22H18N4O3. The molecule has 1 aliphatic rings. The lowest BCUT2D eigenvalue weighted by molar-refractivity contribution is -0.116. The van der Waals surface area contributed by atoms with Crippen LogP contribution in [0.15, 0.2) is 70.0 Å². The highest BCUT2D eigenvalue weighted by Crippen LogP contribution is 2.39. The zero-order valence-corrected chi connectivity index (χ0v) is 15.5. The Morgan fingerprint density at radius 1 is 1.10 bits per heavy atom. The Morgan fingerprint density at radius 3 is 2.66 bits per heavy atom. The van der Waals surface area contributed by atoms with Gasteiger partial charge in [-0.25, -0.2) is 0 Å². The van der Waals surface area contributed by atoms with Crippen molar-refractivity contribution in [3.63, 3.8) is 0 Å². The van der Waals surface area contributed by atoms with Gasteiger partial charge in [-0.15, -0.1) is 0 Å². The Labute approximate surface area is 166 Å². The lowest BCUT2D eigenvalue weighted by atomic mass is 10.1. The maximum Gasteiger partial charge on any atom is 0.258 e. The first-order valence-corrected chi connectivity index (χ1v) is 9.50. The van der Waals surface area contributed by atoms with Gasteiger partial charge in [0.2, 0.25) is 5.91 Å². The molecule has 0 radical (unpaired) electrons. The molecule has 144 valence electrons. The highest BCUT2D eigenvalue weighted by molar-refractivity contribution is 5.95. The van der Waals surface area contributed by atoms with E-state index in [-0.39, 0.29) is 18.0 Å². The third-order valence-electron chi connectivity index (χ3n) is 4.99. The molecule has 7 heteroatoms. The number of carbonyl (C=O) groups excluding carboxylic acids is 1. The summed E-state index contributed by atoms with van der Waals surface area (Å²) in [6, 6.07) is 18.0. The molecule has 2 heterocycles. The van der Waals surface area contributed by atoms with Crippen LogP contribution in [0.5, 0.6) is 0 Å². The number of nitrogens with zero attached hydrogens (tertiary/aromatic N) is 3. The van der Waals surface area contributed by atoms with Crippen molar-refractivity contribution in [2.24, 2.45) is 0 Å². The third kappa shape index (κ3) is 3.42. The highest BCUT2D eigenvalue weighted by atomic mass is 16.5. The van der Waals surface area contributed by atoms with Crippen LogP contribution in [-0.4, -0.2) is 20.6 Å². The van der Waals surface area contributed by atoms with Gasteiger partial charge in [-0.3, -0.25) is 14.2 Å². The van der Waals surface area contributed by atoms with Crippen molar-refractivity contribution in [2.45, 2.75) is 25.3 Å². The number of amides is 1. The topological polar surface area (TPSA) is 90.0 Å². The van der Waals surface area contributed by atoms with E-state index in [1.807, 2.05) is 42.5 Å². The number of carbonyl (C=O) groups is 1. The van der Waals surface area contributed by atoms with E-state index in [4.69, 9.17) is 4.52 Å². The Bertz CT molecular complexity index is 1260. The second kappa shape index (κ2) is 7.01. The summed E-state index contributed by atoms with van der Waals surface area (Å²) in [6.45, 7) is -0.0916. The van der Waals surface area contributed by atoms with Crippen LogP contribution in [0.25, 0.3) is 22.4 Å². The number of nitrogens with one attached hydrogen (secondary N) is 1. The Kier molecular flexibility index (Phi) is 4.20. The average Bonchev–Trinajstić information content (AvgIpc) is 3.47. The van der Waals surface area contributed by atoms with E-state index < -0.39 is 0 Å². The van der Waals surface area contributed by atoms with E-state index in [9.17, 15) is 9.59 Å². The number of para-hydroxylation sites is 2. The van der Waals surface area contributed by atoms with Crippen LogP contribution in [0, 0.1) is 0 Å². The highest BCUT2D eigenvalue weighted by Gasteiger charge is 2.29. The summed E-state index contributed by atoms with van der Waals surface area (Å²) in [5, 5.41) is 7.64. The second-order valence-electron chi connectivity index (χ2n) is 7.15. The summed E-state index contributed by atoms with van der Waals surface area (Å²) in [4.78, 5) is 29.8. The van der Waals surface area contributed by atoms with Crippen LogP contribution in [0.2, 0.25) is 0 Å². The molecule has 1 N–H and O–H groups in total. The quantitative estimate of drug-likeness (QED) is 0.566. The molecule has 1 saturated carbocycles. The zero-order chi connectivity index (χ0) is 19.8. The Balaban J connectivity index is 1.52. The zero-order valence-electron chi connectivity index (χ0n) is 15.5. The first-order chi connectivity index (χ1) is 14.2. The molecule has 0 aliphatic heterocycles. The van der Waals surface area contributed by atoms with Crippen molar-refractivity contribution in [3.05, 3.63) is 76.8 Å². The lowest BCUT2D eigenvalue weighted by Crippen LogP contribution is -2.27. The van der Waals surface area contributed by atoms with Gasteiger partial charge < -0.3 is 9.84 Å². The Hall–Kier alpha value is -3.74. The fourth-order valence-electron chi connectivity index (χ4n) is 3.39. The molecule has 1 amide bonds. The van der Waals surface area contributed by atoms with E-state index in [2.05, 4.69) is 15.5 Å². The first kappa shape index (κ1) is 17.4. The minimum Gasteiger partial charge on any atom is -0.334 e. The number of hydrogen-bond donors (Lipinski definition) is 1. The van der Waals surface area contributed by atoms with E-state index in [0.717, 1.165) is 18.2 Å². The molecule has 0 saturated heterocycles. The summed E-state index contributed by atoms with van der Waals surface area (Å²) in [5.41, 5.74) is 1.62. The number of rotatable bonds is 5. The Morgan fingerprint density at radius 2 is 1.86 bits per heavy atom. The van der Waals surface area contributed by atoms with Crippen molar-refractivity contribution in [3.8, 4) is 11.5 Å². The van der Waals surface area contributed by atoms with E-state index in [1.165, 1.54) is 10.6 Å². The molecule has 1 aliphatic carbocycles. The van der Waals surface area contributed by atoms with Gasteiger partial charge in [0, 0.05) is 23.1 Å². The van der Waals surface area contributed by atoms with Gasteiger partial charge >= 0.3 is 0 Å². The number of aromatic nitrogens is 3. The van der Waals surface area contributed by atoms with Crippen molar-refractivity contribution in [1.29, 1.82) is 0 Å². The molecule has 29 heavy (non-hydrogen) atoms. The van der Waals surface area contributed by atoms with Gasteiger partial charge in [-0.1, -0.05) is 41.6 Å². The minimum absolute atomic E-state index is 0.0916. The average molecular weight is 386 g/mol. The van der Waals surface area contributed by atoms with Crippen molar-refractivity contribution >= 4 is 22.5 Å². The first-order valence-electron chi connectivity index (χ1n) is 9.50. The summed E-state index contributed by atoms with van der Waals surface area (Å²) in [7, 11) is 0. The molecule has 0 unspecified atom stereocenters. The van der Waals surface area contributed by atoms with E-state index >= 15 is 0 Å². The maximum absolute atomic E-state index is 12.9. The van der Waals surface area contributed by atoms with E-state index in [1.54, 1.807) is 12.1 Å². The molecule has 0 atom stereocenters. The summed E-state index contributed by atoms with van der Waals surface area (Å²) in [5.74, 6) is 1.11. The van der Waals surface area contributed by atoms with Gasteiger partial charge in [0.25, 0.3) is 11.4 Å². The van der Waals surface area contributed by atoms with Gasteiger partial charge in [0.05, 0.1) is 11.1 Å². The van der Waals surface area contributed by atoms with Crippen molar-refractivity contribution < 1.29 is 9.32 Å². The third-order valence-corrected chi connectivity index (χ3v) is 4.99. The monoisotopic (exact) mass is 386 g/mol. The normalized spacial score (nSPS) is 13.5. The summed E-state index contributed by atoms with van der Waals surface area (Å²) >= 11 is 0. The number of fused-ring (bicyclic) bond motifs is 1. The van der Waals surface area contributed by atoms with Crippen LogP contribution >= 0.6 is 0 Å². The molecule has 2 aromatic heterocycles. The molecule has 4 aromatic rings. The molecular weight excluding hydrogens is 368 g/mol. The predicted octanol–water partition coefficient (Wildman–Crippen LogP) is 3.57. The van der Waals surface area contributed by atoms with Crippen molar-refractivity contribution in [1.82, 2.24) is 14.7 Å². The van der Waals surface area contributed by atoms with Gasteiger partial charge in [0.15, 0.2) is 5.82 Å². The molecule has 2 aromatic carbocycles. The summed E-state index contributed by atoms with van der Waals surface area (Å²) in [6.07, 6.45) is 2.13. The van der Waals surface area contributed by atoms with Crippen LogP contribution in [0.1, 0.15) is 24.6 Å². The molecule has 5 rings (SSSR count). The smallest absolute Gasteiger partial charge is 0.258 e. The standard InChI is InChI=1S/C22H18N4O3/c27-19(23-15-6-2-1-3-7-15)13-26-18-9-5-4-8-16(18)17(12-20(26)28)22-24-21(25-29-22)14-10-11-14/h1-9,12,14H,10-11,13H2,(H,23,27). The fraction of sp³-hybridized carbons (Fsp3) is 0.182. The number of hydrogen-bond acceptors (Lipinski definition) is 5. The van der Waals surface area contributed by atoms with E-state index in [0.29, 0.717) is 34.4 Å². The second-order valence-corrected chi connectivity index (χ2v) is 7.15. The SMILES string of the molecule is O=C(Cn1c(=O)cc(-c2nc(C3CC3)no2)c2ccccc21)Nc1ccccc1. The molecule has 0 bridgehead atoms. The number of pyridine rings is 1. The van der Waals surface area contributed by atoms with Gasteiger partial charge in [-0.05, 0) is 31.0 Å². The lowest BCUT2D eigenvalue weighted by Gasteiger charge is -2.12.